The zero-order chi connectivity index (χ0) is 22.5. The molecule has 10 heteroatoms. The summed E-state index contributed by atoms with van der Waals surface area (Å²) in [6, 6.07) is 11.8. The number of aliphatic hydroxyl groups is 1. The van der Waals surface area contributed by atoms with Crippen molar-refractivity contribution in [3.05, 3.63) is 46.4 Å². The summed E-state index contributed by atoms with van der Waals surface area (Å²) in [6.45, 7) is 5.90. The molecule has 0 bridgehead atoms. The number of carbonyl (C=O) groups is 2. The van der Waals surface area contributed by atoms with Crippen LogP contribution in [0.3, 0.4) is 0 Å². The van der Waals surface area contributed by atoms with E-state index in [4.69, 9.17) is 43.0 Å². The van der Waals surface area contributed by atoms with Gasteiger partial charge in [0.25, 0.3) is 0 Å². The molecular weight excluding hydrogens is 445 g/mol. The summed E-state index contributed by atoms with van der Waals surface area (Å²) in [7, 11) is 0. The highest BCUT2D eigenvalue weighted by Gasteiger charge is 2.21. The highest BCUT2D eigenvalue weighted by Crippen LogP contribution is 2.32. The van der Waals surface area contributed by atoms with Crippen molar-refractivity contribution >= 4 is 56.9 Å². The van der Waals surface area contributed by atoms with Crippen LogP contribution in [-0.2, 0) is 16.1 Å². The molecule has 2 aromatic carbocycles. The van der Waals surface area contributed by atoms with Crippen molar-refractivity contribution in [3.63, 3.8) is 0 Å². The maximum Gasteiger partial charge on any atom is 0.127 e. The molecule has 31 heavy (non-hydrogen) atoms. The summed E-state index contributed by atoms with van der Waals surface area (Å²) in [5.41, 5.74) is 2.17. The fourth-order valence-corrected chi connectivity index (χ4v) is 4.28. The number of carboxylic acid groups (broad SMARTS) is 2. The second kappa shape index (κ2) is 10.3. The molecule has 0 amide bonds. The number of nitrogens with two attached hydrogens (primary N) is 1. The molecule has 2 heterocycles. The number of rotatable bonds is 4. The maximum absolute atomic E-state index is 10.7. The molecule has 0 aliphatic carbocycles. The van der Waals surface area contributed by atoms with Gasteiger partial charge in [0.15, 0.2) is 0 Å². The lowest BCUT2D eigenvalue weighted by Crippen LogP contribution is -3.21. The number of hydrogen-bond acceptors (Lipinski definition) is 5. The lowest BCUT2D eigenvalue weighted by molar-refractivity contribution is -0.949. The molecule has 0 saturated carbocycles. The molecule has 1 aliphatic rings. The van der Waals surface area contributed by atoms with Gasteiger partial charge >= 0.3 is 0 Å². The van der Waals surface area contributed by atoms with Crippen LogP contribution in [0.4, 0.5) is 0 Å². The number of aliphatic carboxylic acids is 2. The second-order valence-corrected chi connectivity index (χ2v) is 8.36. The molecule has 8 nitrogen and oxygen atoms in total. The van der Waals surface area contributed by atoms with Crippen LogP contribution in [0.2, 0.25) is 10.0 Å². The van der Waals surface area contributed by atoms with E-state index in [0.29, 0.717) is 16.6 Å². The Labute approximate surface area is 188 Å². The number of halogens is 2. The zero-order valence-corrected chi connectivity index (χ0v) is 18.2. The van der Waals surface area contributed by atoms with Gasteiger partial charge in [-0.15, -0.1) is 0 Å². The van der Waals surface area contributed by atoms with E-state index in [9.17, 15) is 5.11 Å². The molecule has 166 valence electrons. The second-order valence-electron chi connectivity index (χ2n) is 7.48. The van der Waals surface area contributed by atoms with E-state index in [2.05, 4.69) is 9.88 Å². The Kier molecular flexibility index (Phi) is 7.74. The van der Waals surface area contributed by atoms with Crippen LogP contribution in [-0.4, -0.2) is 60.4 Å². The van der Waals surface area contributed by atoms with E-state index in [1.54, 1.807) is 0 Å². The average Bonchev–Trinajstić information content (AvgIpc) is 3.01. The van der Waals surface area contributed by atoms with Gasteiger partial charge in [-0.1, -0.05) is 23.2 Å². The van der Waals surface area contributed by atoms with Gasteiger partial charge in [-0.3, -0.25) is 0 Å². The molecule has 4 rings (SSSR count). The van der Waals surface area contributed by atoms with E-state index in [-0.39, 0.29) is 6.10 Å². The zero-order valence-electron chi connectivity index (χ0n) is 16.6. The molecule has 1 saturated heterocycles. The van der Waals surface area contributed by atoms with Crippen LogP contribution in [0.15, 0.2) is 36.4 Å². The quantitative estimate of drug-likeness (QED) is 0.363. The first kappa shape index (κ1) is 23.3. The van der Waals surface area contributed by atoms with Gasteiger partial charge in [-0.2, -0.15) is 0 Å². The number of carboxylic acids is 2. The van der Waals surface area contributed by atoms with Crippen LogP contribution < -0.4 is 20.4 Å². The predicted molar refractivity (Wildman–Crippen MR) is 113 cm³/mol. The molecule has 1 atom stereocenters. The summed E-state index contributed by atoms with van der Waals surface area (Å²) in [5.74, 6) is -4.37. The fourth-order valence-electron chi connectivity index (χ4n) is 3.94. The lowest BCUT2D eigenvalue weighted by Gasteiger charge is -2.25. The first-order valence-corrected chi connectivity index (χ1v) is 10.6. The van der Waals surface area contributed by atoms with Gasteiger partial charge in [0.1, 0.15) is 38.8 Å². The number of aliphatic hydroxyl groups excluding tert-OH is 1. The van der Waals surface area contributed by atoms with E-state index >= 15 is 0 Å². The lowest BCUT2D eigenvalue weighted by atomic mass is 10.1. The van der Waals surface area contributed by atoms with Crippen LogP contribution >= 0.6 is 23.2 Å². The van der Waals surface area contributed by atoms with Gasteiger partial charge in [0.05, 0.1) is 18.5 Å². The number of aromatic nitrogens is 1. The Morgan fingerprint density at radius 2 is 1.48 bits per heavy atom. The first-order chi connectivity index (χ1) is 14.8. The van der Waals surface area contributed by atoms with Gasteiger partial charge in [0.2, 0.25) is 0 Å². The minimum absolute atomic E-state index is 0.377. The van der Waals surface area contributed by atoms with Crippen molar-refractivity contribution in [1.29, 1.82) is 0 Å². The van der Waals surface area contributed by atoms with E-state index < -0.39 is 11.9 Å². The van der Waals surface area contributed by atoms with Gasteiger partial charge in [-0.05, 0) is 36.4 Å². The SMILES string of the molecule is O=C([O-])C(=O)[O-].OC(Cn1c2ccc(Cl)cc2c2cc(Cl)ccc21)C[NH+]1CC[NH2+]CC1. The highest BCUT2D eigenvalue weighted by atomic mass is 35.5. The minimum atomic E-state index is -2.19. The number of nitrogens with one attached hydrogen (secondary N) is 1. The number of piperazine rings is 1. The minimum Gasteiger partial charge on any atom is -0.543 e. The molecule has 4 N–H and O–H groups in total. The molecule has 0 radical (unpaired) electrons. The maximum atomic E-state index is 10.7. The van der Waals surface area contributed by atoms with Gasteiger partial charge < -0.3 is 39.7 Å². The number of benzene rings is 2. The van der Waals surface area contributed by atoms with Gasteiger partial charge in [-0.25, -0.2) is 0 Å². The Morgan fingerprint density at radius 1 is 1.00 bits per heavy atom. The summed E-state index contributed by atoms with van der Waals surface area (Å²) >= 11 is 12.4. The van der Waals surface area contributed by atoms with Crippen molar-refractivity contribution in [2.45, 2.75) is 12.6 Å². The smallest absolute Gasteiger partial charge is 0.127 e. The predicted octanol–water partition coefficient (Wildman–Crippen LogP) is -2.59. The topological polar surface area (TPSA) is 126 Å². The molecular formula is C21H23Cl2N3O5. The van der Waals surface area contributed by atoms with Crippen molar-refractivity contribution in [3.8, 4) is 0 Å². The normalized spacial score (nSPS) is 15.5. The number of nitrogens with zero attached hydrogens (tertiary/aromatic N) is 1. The Morgan fingerprint density at radius 3 is 1.94 bits per heavy atom. The van der Waals surface area contributed by atoms with Crippen LogP contribution in [0.25, 0.3) is 21.8 Å². The van der Waals surface area contributed by atoms with E-state index in [1.165, 1.54) is 4.90 Å². The third kappa shape index (κ3) is 5.87. The number of fused-ring (bicyclic) bond motifs is 3. The molecule has 1 aromatic heterocycles. The van der Waals surface area contributed by atoms with Crippen LogP contribution in [0, 0.1) is 0 Å². The Hall–Kier alpha value is -2.36. The summed E-state index contributed by atoms with van der Waals surface area (Å²) in [5, 5.41) is 34.5. The summed E-state index contributed by atoms with van der Waals surface area (Å²) in [4.78, 5) is 19.3. The summed E-state index contributed by atoms with van der Waals surface area (Å²) < 4.78 is 2.19. The third-order valence-electron chi connectivity index (χ3n) is 5.28. The van der Waals surface area contributed by atoms with Crippen molar-refractivity contribution in [2.24, 2.45) is 0 Å². The number of carbonyl (C=O) groups excluding carboxylic acids is 2. The van der Waals surface area contributed by atoms with E-state index in [0.717, 1.165) is 54.5 Å². The standard InChI is InChI=1S/C19H21Cl2N3O.C2H2O4/c20-13-1-3-18-16(9-13)17-10-14(21)2-4-19(17)24(18)12-15(25)11-23-7-5-22-6-8-23;3-1(4)2(5)6/h1-4,9-10,15,22,25H,5-8,11-12H2;(H,3,4)(H,5,6). The van der Waals surface area contributed by atoms with Crippen LogP contribution in [0.5, 0.6) is 0 Å². The van der Waals surface area contributed by atoms with E-state index in [1.807, 2.05) is 36.4 Å². The molecule has 3 aromatic rings. The first-order valence-electron chi connectivity index (χ1n) is 9.89. The Balaban J connectivity index is 0.000000401. The largest absolute Gasteiger partial charge is 0.543 e. The third-order valence-corrected chi connectivity index (χ3v) is 5.75. The van der Waals surface area contributed by atoms with Crippen molar-refractivity contribution < 1.29 is 35.1 Å². The Bertz CT molecular complexity index is 1020. The molecule has 0 spiro atoms. The number of quaternary nitrogens is 2. The van der Waals surface area contributed by atoms with Crippen LogP contribution in [0.1, 0.15) is 0 Å². The monoisotopic (exact) mass is 467 g/mol. The molecule has 1 unspecified atom stereocenters. The summed E-state index contributed by atoms with van der Waals surface area (Å²) in [6.07, 6.45) is -0.377. The fraction of sp³-hybridized carbons (Fsp3) is 0.333. The average molecular weight is 468 g/mol. The van der Waals surface area contributed by atoms with Crippen molar-refractivity contribution in [2.75, 3.05) is 32.7 Å². The van der Waals surface area contributed by atoms with Gasteiger partial charge in [0, 0.05) is 31.9 Å². The number of hydrogen-bond donors (Lipinski definition) is 3. The molecule has 1 fully saturated rings. The molecule has 1 aliphatic heterocycles. The van der Waals surface area contributed by atoms with Crippen molar-refractivity contribution in [1.82, 2.24) is 4.57 Å². The highest BCUT2D eigenvalue weighted by molar-refractivity contribution is 6.33.